The molecule has 1 aromatic heterocycles. The van der Waals surface area contributed by atoms with Gasteiger partial charge in [-0.25, -0.2) is 4.79 Å². The zero-order valence-corrected chi connectivity index (χ0v) is 16.0. The molecule has 140 valence electrons. The highest BCUT2D eigenvalue weighted by Gasteiger charge is 2.28. The minimum Gasteiger partial charge on any atom is -0.465 e. The molecule has 0 spiro atoms. The van der Waals surface area contributed by atoms with E-state index in [-0.39, 0.29) is 13.0 Å². The molecule has 7 heteroatoms. The van der Waals surface area contributed by atoms with E-state index >= 15 is 0 Å². The van der Waals surface area contributed by atoms with Crippen molar-refractivity contribution in [2.24, 2.45) is 5.16 Å². The minimum absolute atomic E-state index is 0.0989. The number of carbonyl (C=O) groups is 2. The molecule has 2 aromatic rings. The second kappa shape index (κ2) is 8.64. The van der Waals surface area contributed by atoms with Gasteiger partial charge in [0.05, 0.1) is 23.6 Å². The first-order valence-corrected chi connectivity index (χ1v) is 9.31. The summed E-state index contributed by atoms with van der Waals surface area (Å²) in [6.45, 7) is 0.279. The van der Waals surface area contributed by atoms with Crippen molar-refractivity contribution in [3.05, 3.63) is 58.5 Å². The van der Waals surface area contributed by atoms with Crippen molar-refractivity contribution in [3.63, 3.8) is 0 Å². The largest absolute Gasteiger partial charge is 0.465 e. The number of hydrogen-bond acceptors (Lipinski definition) is 7. The lowest BCUT2D eigenvalue weighted by atomic mass is 10.1. The van der Waals surface area contributed by atoms with E-state index in [9.17, 15) is 9.59 Å². The lowest BCUT2D eigenvalue weighted by Gasteiger charge is -2.07. The highest BCUT2D eigenvalue weighted by atomic mass is 32.1. The molecular weight excluding hydrogens is 364 g/mol. The second-order valence-corrected chi connectivity index (χ2v) is 7.27. The standard InChI is InChI=1S/C20H20N2O4S/c1-22(2)18-9-8-15(27-18)12-16-17(21-26-20(16)24)13-19(23)25-11-10-14-6-4-3-5-7-14/h3-9,12H,10-11,13H2,1-2H3/b16-12-. The molecule has 1 aromatic carbocycles. The maximum atomic E-state index is 12.1. The Hall–Kier alpha value is -2.93. The van der Waals surface area contributed by atoms with Crippen LogP contribution in [-0.2, 0) is 25.6 Å². The number of rotatable bonds is 7. The molecule has 0 bridgehead atoms. The Balaban J connectivity index is 1.58. The van der Waals surface area contributed by atoms with Gasteiger partial charge in [-0.2, -0.15) is 0 Å². The van der Waals surface area contributed by atoms with Crippen LogP contribution in [0.25, 0.3) is 6.08 Å². The maximum absolute atomic E-state index is 12.1. The van der Waals surface area contributed by atoms with Crippen LogP contribution in [0.1, 0.15) is 16.9 Å². The van der Waals surface area contributed by atoms with E-state index in [1.807, 2.05) is 61.5 Å². The number of esters is 1. The van der Waals surface area contributed by atoms with Gasteiger partial charge in [0.25, 0.3) is 0 Å². The first kappa shape index (κ1) is 18.8. The van der Waals surface area contributed by atoms with Crippen molar-refractivity contribution in [3.8, 4) is 0 Å². The van der Waals surface area contributed by atoms with Gasteiger partial charge in [0.1, 0.15) is 5.71 Å². The van der Waals surface area contributed by atoms with Gasteiger partial charge in [0, 0.05) is 25.4 Å². The number of oxime groups is 1. The molecular formula is C20H20N2O4S. The molecule has 2 heterocycles. The lowest BCUT2D eigenvalue weighted by Crippen LogP contribution is -2.14. The number of nitrogens with zero attached hydrogens (tertiary/aromatic N) is 2. The molecule has 1 aliphatic rings. The average Bonchev–Trinajstić information content (AvgIpc) is 3.25. The summed E-state index contributed by atoms with van der Waals surface area (Å²) in [6.07, 6.45) is 2.24. The zero-order valence-electron chi connectivity index (χ0n) is 15.2. The molecule has 1 aliphatic heterocycles. The van der Waals surface area contributed by atoms with Gasteiger partial charge in [-0.1, -0.05) is 35.5 Å². The molecule has 3 rings (SSSR count). The van der Waals surface area contributed by atoms with Crippen molar-refractivity contribution < 1.29 is 19.2 Å². The maximum Gasteiger partial charge on any atom is 0.367 e. The molecule has 0 unspecified atom stereocenters. The fraction of sp³-hybridized carbons (Fsp3) is 0.250. The van der Waals surface area contributed by atoms with Crippen molar-refractivity contribution in [2.75, 3.05) is 25.6 Å². The highest BCUT2D eigenvalue weighted by Crippen LogP contribution is 2.27. The van der Waals surface area contributed by atoms with Crippen LogP contribution in [0.15, 0.2) is 53.2 Å². The van der Waals surface area contributed by atoms with Gasteiger partial charge in [-0.3, -0.25) is 4.79 Å². The van der Waals surface area contributed by atoms with Gasteiger partial charge < -0.3 is 14.5 Å². The van der Waals surface area contributed by atoms with Crippen LogP contribution in [-0.4, -0.2) is 38.4 Å². The number of anilines is 1. The highest BCUT2D eigenvalue weighted by molar-refractivity contribution is 7.17. The molecule has 0 fully saturated rings. The van der Waals surface area contributed by atoms with E-state index in [0.717, 1.165) is 15.4 Å². The first-order chi connectivity index (χ1) is 13.0. The van der Waals surface area contributed by atoms with Crippen molar-refractivity contribution in [1.82, 2.24) is 0 Å². The van der Waals surface area contributed by atoms with Crippen LogP contribution in [0.5, 0.6) is 0 Å². The Morgan fingerprint density at radius 1 is 1.22 bits per heavy atom. The Kier molecular flexibility index (Phi) is 6.03. The molecule has 0 radical (unpaired) electrons. The number of ether oxygens (including phenoxy) is 1. The van der Waals surface area contributed by atoms with Crippen LogP contribution >= 0.6 is 11.3 Å². The monoisotopic (exact) mass is 384 g/mol. The Bertz CT molecular complexity index is 884. The van der Waals surface area contributed by atoms with Crippen molar-refractivity contribution in [2.45, 2.75) is 12.8 Å². The van der Waals surface area contributed by atoms with Crippen LogP contribution in [0.4, 0.5) is 5.00 Å². The Morgan fingerprint density at radius 2 is 2.00 bits per heavy atom. The van der Waals surface area contributed by atoms with E-state index in [1.165, 1.54) is 11.3 Å². The zero-order chi connectivity index (χ0) is 19.2. The second-order valence-electron chi connectivity index (χ2n) is 6.18. The third-order valence-corrected chi connectivity index (χ3v) is 5.12. The molecule has 0 amide bonds. The molecule has 0 atom stereocenters. The van der Waals surface area contributed by atoms with E-state index in [2.05, 4.69) is 5.16 Å². The number of benzene rings is 1. The van der Waals surface area contributed by atoms with E-state index < -0.39 is 11.9 Å². The van der Waals surface area contributed by atoms with Crippen LogP contribution < -0.4 is 4.90 Å². The summed E-state index contributed by atoms with van der Waals surface area (Å²) in [5.74, 6) is -0.990. The third kappa shape index (κ3) is 5.04. The number of hydrogen-bond donors (Lipinski definition) is 0. The Morgan fingerprint density at radius 3 is 2.70 bits per heavy atom. The lowest BCUT2D eigenvalue weighted by molar-refractivity contribution is -0.142. The average molecular weight is 384 g/mol. The fourth-order valence-corrected chi connectivity index (χ4v) is 3.37. The SMILES string of the molecule is CN(C)c1ccc(/C=C2\C(=O)ON=C2CC(=O)OCCc2ccccc2)s1. The number of carbonyl (C=O) groups excluding carboxylic acids is 2. The molecule has 0 aliphatic carbocycles. The Labute approximate surface area is 161 Å². The van der Waals surface area contributed by atoms with Crippen LogP contribution in [0, 0.1) is 0 Å². The van der Waals surface area contributed by atoms with Gasteiger partial charge in [0.15, 0.2) is 0 Å². The van der Waals surface area contributed by atoms with Crippen LogP contribution in [0.3, 0.4) is 0 Å². The molecule has 27 heavy (non-hydrogen) atoms. The van der Waals surface area contributed by atoms with Crippen LogP contribution in [0.2, 0.25) is 0 Å². The summed E-state index contributed by atoms with van der Waals surface area (Å²) in [5, 5.41) is 4.80. The van der Waals surface area contributed by atoms with Gasteiger partial charge >= 0.3 is 11.9 Å². The fourth-order valence-electron chi connectivity index (χ4n) is 2.50. The summed E-state index contributed by atoms with van der Waals surface area (Å²) in [4.78, 5) is 31.7. The van der Waals surface area contributed by atoms with Crippen molar-refractivity contribution >= 4 is 40.1 Å². The normalized spacial score (nSPS) is 14.8. The van der Waals surface area contributed by atoms with Crippen molar-refractivity contribution in [1.29, 1.82) is 0 Å². The van der Waals surface area contributed by atoms with Gasteiger partial charge in [0.2, 0.25) is 0 Å². The summed E-state index contributed by atoms with van der Waals surface area (Å²) in [6, 6.07) is 13.7. The number of thiophene rings is 1. The predicted molar refractivity (Wildman–Crippen MR) is 106 cm³/mol. The molecule has 0 saturated heterocycles. The summed E-state index contributed by atoms with van der Waals surface area (Å²) < 4.78 is 5.26. The smallest absolute Gasteiger partial charge is 0.367 e. The molecule has 6 nitrogen and oxygen atoms in total. The molecule has 0 saturated carbocycles. The summed E-state index contributed by atoms with van der Waals surface area (Å²) >= 11 is 1.53. The molecule has 0 N–H and O–H groups in total. The van der Waals surface area contributed by atoms with E-state index in [0.29, 0.717) is 17.7 Å². The van der Waals surface area contributed by atoms with Gasteiger partial charge in [-0.15, -0.1) is 11.3 Å². The quantitative estimate of drug-likeness (QED) is 0.416. The third-order valence-electron chi connectivity index (χ3n) is 3.92. The summed E-state index contributed by atoms with van der Waals surface area (Å²) in [7, 11) is 3.90. The van der Waals surface area contributed by atoms with E-state index in [1.54, 1.807) is 6.08 Å². The summed E-state index contributed by atoms with van der Waals surface area (Å²) in [5.41, 5.74) is 1.68. The topological polar surface area (TPSA) is 68.2 Å². The first-order valence-electron chi connectivity index (χ1n) is 8.50. The minimum atomic E-state index is -0.554. The van der Waals surface area contributed by atoms with E-state index in [4.69, 9.17) is 9.57 Å². The van der Waals surface area contributed by atoms with Gasteiger partial charge in [-0.05, 0) is 23.8 Å². The predicted octanol–water partition coefficient (Wildman–Crippen LogP) is 3.29.